The molecular weight excluding hydrogens is 142 g/mol. The third-order valence-electron chi connectivity index (χ3n) is 1.05. The van der Waals surface area contributed by atoms with Gasteiger partial charge in [0.05, 0.1) is 0 Å². The minimum atomic E-state index is -2.60. The molecule has 3 N–H and O–H groups in total. The van der Waals surface area contributed by atoms with Crippen LogP contribution in [0, 0.1) is 0 Å². The number of rotatable bonds is 2. The molecule has 0 aliphatic carbocycles. The minimum absolute atomic E-state index is 0.0177. The largest absolute Gasteiger partial charge is 0.325 e. The number of alkyl halides is 2. The van der Waals surface area contributed by atoms with E-state index in [1.807, 2.05) is 0 Å². The maximum atomic E-state index is 11.9. The number of nitrogens with one attached hydrogen (secondary N) is 1. The highest BCUT2D eigenvalue weighted by atomic mass is 19.3. The molecule has 6 heteroatoms. The van der Waals surface area contributed by atoms with Crippen LogP contribution in [0.1, 0.15) is 17.8 Å². The fourth-order valence-electron chi connectivity index (χ4n) is 0.586. The third kappa shape index (κ3) is 1.10. The molecular formula is C4H6F2N4. The summed E-state index contributed by atoms with van der Waals surface area (Å²) in [7, 11) is 0. The third-order valence-corrected chi connectivity index (χ3v) is 1.05. The Labute approximate surface area is 55.4 Å². The highest BCUT2D eigenvalue weighted by Gasteiger charge is 2.15. The van der Waals surface area contributed by atoms with E-state index in [1.165, 1.54) is 0 Å². The lowest BCUT2D eigenvalue weighted by Crippen LogP contribution is -2.01. The lowest BCUT2D eigenvalue weighted by atomic mass is 10.3. The second-order valence-corrected chi connectivity index (χ2v) is 1.66. The van der Waals surface area contributed by atoms with Gasteiger partial charge in [0.1, 0.15) is 5.69 Å². The first-order chi connectivity index (χ1) is 4.75. The Morgan fingerprint density at radius 2 is 2.20 bits per heavy atom. The Morgan fingerprint density at radius 1 is 1.50 bits per heavy atom. The maximum absolute atomic E-state index is 11.9. The van der Waals surface area contributed by atoms with E-state index in [0.717, 1.165) is 0 Å². The van der Waals surface area contributed by atoms with Gasteiger partial charge < -0.3 is 5.73 Å². The fraction of sp³-hybridized carbons (Fsp3) is 0.500. The van der Waals surface area contributed by atoms with Crippen LogP contribution in [0.5, 0.6) is 0 Å². The molecule has 0 bridgehead atoms. The van der Waals surface area contributed by atoms with Gasteiger partial charge >= 0.3 is 0 Å². The minimum Gasteiger partial charge on any atom is -0.325 e. The van der Waals surface area contributed by atoms with Gasteiger partial charge in [-0.2, -0.15) is 15.4 Å². The SMILES string of the molecule is NCc1n[nH]nc1C(F)F. The number of halogens is 2. The predicted molar refractivity (Wildman–Crippen MR) is 29.2 cm³/mol. The number of aromatic nitrogens is 3. The van der Waals surface area contributed by atoms with Gasteiger partial charge in [-0.15, -0.1) is 0 Å². The van der Waals surface area contributed by atoms with E-state index < -0.39 is 6.43 Å². The summed E-state index contributed by atoms with van der Waals surface area (Å²) < 4.78 is 23.7. The molecule has 0 saturated carbocycles. The van der Waals surface area contributed by atoms with Gasteiger partial charge in [0.25, 0.3) is 6.43 Å². The van der Waals surface area contributed by atoms with Crippen LogP contribution in [0.15, 0.2) is 0 Å². The molecule has 0 atom stereocenters. The number of hydrogen-bond donors (Lipinski definition) is 2. The molecule has 0 aliphatic heterocycles. The summed E-state index contributed by atoms with van der Waals surface area (Å²) in [6, 6.07) is 0. The normalized spacial score (nSPS) is 10.8. The molecule has 0 aromatic carbocycles. The zero-order valence-electron chi connectivity index (χ0n) is 5.01. The van der Waals surface area contributed by atoms with E-state index in [0.29, 0.717) is 0 Å². The molecule has 1 heterocycles. The van der Waals surface area contributed by atoms with Crippen LogP contribution >= 0.6 is 0 Å². The van der Waals surface area contributed by atoms with Crippen molar-refractivity contribution in [1.82, 2.24) is 15.4 Å². The van der Waals surface area contributed by atoms with Crippen LogP contribution in [0.3, 0.4) is 0 Å². The Kier molecular flexibility index (Phi) is 1.91. The molecule has 1 rings (SSSR count). The standard InChI is InChI=1S/C4H6F2N4/c5-4(6)3-2(1-7)8-10-9-3/h4H,1,7H2,(H,8,9,10). The molecule has 1 aromatic heterocycles. The smallest absolute Gasteiger partial charge is 0.284 e. The number of nitrogens with zero attached hydrogens (tertiary/aromatic N) is 2. The topological polar surface area (TPSA) is 67.6 Å². The highest BCUT2D eigenvalue weighted by Crippen LogP contribution is 2.17. The predicted octanol–water partition coefficient (Wildman–Crippen LogP) is 0.201. The van der Waals surface area contributed by atoms with Gasteiger partial charge in [0.2, 0.25) is 0 Å². The first kappa shape index (κ1) is 7.07. The van der Waals surface area contributed by atoms with Crippen molar-refractivity contribution in [1.29, 1.82) is 0 Å². The molecule has 4 nitrogen and oxygen atoms in total. The Morgan fingerprint density at radius 3 is 2.60 bits per heavy atom. The molecule has 0 spiro atoms. The second-order valence-electron chi connectivity index (χ2n) is 1.66. The summed E-state index contributed by atoms with van der Waals surface area (Å²) in [5.41, 5.74) is 4.84. The van der Waals surface area contributed by atoms with Crippen molar-refractivity contribution < 1.29 is 8.78 Å². The number of aromatic amines is 1. The first-order valence-electron chi connectivity index (χ1n) is 2.63. The van der Waals surface area contributed by atoms with Crippen LogP contribution in [-0.2, 0) is 6.54 Å². The quantitative estimate of drug-likeness (QED) is 0.629. The van der Waals surface area contributed by atoms with E-state index in [-0.39, 0.29) is 17.9 Å². The molecule has 0 fully saturated rings. The van der Waals surface area contributed by atoms with E-state index in [2.05, 4.69) is 15.4 Å². The average Bonchev–Trinajstić information content (AvgIpc) is 2.33. The number of H-pyrrole nitrogens is 1. The molecule has 0 unspecified atom stereocenters. The maximum Gasteiger partial charge on any atom is 0.284 e. The van der Waals surface area contributed by atoms with Crippen molar-refractivity contribution in [2.45, 2.75) is 13.0 Å². The summed E-state index contributed by atoms with van der Waals surface area (Å²) in [6.07, 6.45) is -2.60. The highest BCUT2D eigenvalue weighted by molar-refractivity contribution is 5.08. The van der Waals surface area contributed by atoms with E-state index in [1.54, 1.807) is 0 Å². The zero-order valence-corrected chi connectivity index (χ0v) is 5.01. The number of nitrogens with two attached hydrogens (primary N) is 1. The van der Waals surface area contributed by atoms with Crippen molar-refractivity contribution in [3.63, 3.8) is 0 Å². The van der Waals surface area contributed by atoms with Crippen LogP contribution in [-0.4, -0.2) is 15.4 Å². The van der Waals surface area contributed by atoms with Crippen LogP contribution in [0.4, 0.5) is 8.78 Å². The van der Waals surface area contributed by atoms with Crippen LogP contribution in [0.25, 0.3) is 0 Å². The first-order valence-corrected chi connectivity index (χ1v) is 2.63. The molecule has 0 amide bonds. The lowest BCUT2D eigenvalue weighted by Gasteiger charge is -1.92. The average molecular weight is 148 g/mol. The van der Waals surface area contributed by atoms with Crippen molar-refractivity contribution >= 4 is 0 Å². The van der Waals surface area contributed by atoms with Crippen LogP contribution < -0.4 is 5.73 Å². The van der Waals surface area contributed by atoms with Gasteiger partial charge in [-0.1, -0.05) is 0 Å². The van der Waals surface area contributed by atoms with E-state index in [9.17, 15) is 8.78 Å². The van der Waals surface area contributed by atoms with E-state index in [4.69, 9.17) is 5.73 Å². The van der Waals surface area contributed by atoms with E-state index >= 15 is 0 Å². The molecule has 0 aliphatic rings. The molecule has 1 aromatic rings. The Bertz CT molecular complexity index is 209. The Hall–Kier alpha value is -1.04. The van der Waals surface area contributed by atoms with Crippen molar-refractivity contribution in [2.75, 3.05) is 0 Å². The van der Waals surface area contributed by atoms with Crippen molar-refractivity contribution in [3.05, 3.63) is 11.4 Å². The van der Waals surface area contributed by atoms with Gasteiger partial charge in [-0.25, -0.2) is 8.78 Å². The summed E-state index contributed by atoms with van der Waals surface area (Å²) in [6.45, 7) is -0.0177. The van der Waals surface area contributed by atoms with Crippen LogP contribution in [0.2, 0.25) is 0 Å². The molecule has 0 saturated heterocycles. The monoisotopic (exact) mass is 148 g/mol. The van der Waals surface area contributed by atoms with Gasteiger partial charge in [0.15, 0.2) is 5.69 Å². The molecule has 56 valence electrons. The second kappa shape index (κ2) is 2.70. The Balaban J connectivity index is 2.90. The summed E-state index contributed by atoms with van der Waals surface area (Å²) in [5, 5.41) is 8.71. The van der Waals surface area contributed by atoms with Gasteiger partial charge in [0, 0.05) is 6.54 Å². The zero-order chi connectivity index (χ0) is 7.56. The summed E-state index contributed by atoms with van der Waals surface area (Å²) in [4.78, 5) is 0. The fourth-order valence-corrected chi connectivity index (χ4v) is 0.586. The lowest BCUT2D eigenvalue weighted by molar-refractivity contribution is 0.145. The van der Waals surface area contributed by atoms with Crippen molar-refractivity contribution in [2.24, 2.45) is 5.73 Å². The van der Waals surface area contributed by atoms with Gasteiger partial charge in [-0.3, -0.25) is 0 Å². The molecule has 10 heavy (non-hydrogen) atoms. The molecule has 0 radical (unpaired) electrons. The van der Waals surface area contributed by atoms with Crippen molar-refractivity contribution in [3.8, 4) is 0 Å². The van der Waals surface area contributed by atoms with Gasteiger partial charge in [-0.05, 0) is 0 Å². The number of hydrogen-bond acceptors (Lipinski definition) is 3. The summed E-state index contributed by atoms with van der Waals surface area (Å²) in [5.74, 6) is 0. The summed E-state index contributed by atoms with van der Waals surface area (Å²) >= 11 is 0.